The van der Waals surface area contributed by atoms with Crippen LogP contribution >= 0.6 is 0 Å². The molecule has 1 N–H and O–H groups in total. The van der Waals surface area contributed by atoms with Crippen LogP contribution in [0.1, 0.15) is 51.3 Å². The lowest BCUT2D eigenvalue weighted by molar-refractivity contribution is -0.122. The van der Waals surface area contributed by atoms with Gasteiger partial charge in [-0.2, -0.15) is 0 Å². The predicted molar refractivity (Wildman–Crippen MR) is 156 cm³/mol. The van der Waals surface area contributed by atoms with E-state index in [1.54, 1.807) is 30.3 Å². The molecule has 4 aromatic carbocycles. The summed E-state index contributed by atoms with van der Waals surface area (Å²) in [6.07, 6.45) is 0.129. The van der Waals surface area contributed by atoms with E-state index in [0.29, 0.717) is 39.3 Å². The van der Waals surface area contributed by atoms with Crippen molar-refractivity contribution in [3.8, 4) is 22.6 Å². The molecule has 5 rings (SSSR count). The number of ketones is 1. The zero-order valence-electron chi connectivity index (χ0n) is 23.7. The van der Waals surface area contributed by atoms with Gasteiger partial charge in [0.05, 0.1) is 23.8 Å². The minimum absolute atomic E-state index is 0.0183. The number of esters is 2. The third-order valence-corrected chi connectivity index (χ3v) is 7.36. The van der Waals surface area contributed by atoms with Gasteiger partial charge in [0.2, 0.25) is 0 Å². The molecule has 0 spiro atoms. The van der Waals surface area contributed by atoms with Crippen LogP contribution in [0.3, 0.4) is 0 Å². The van der Waals surface area contributed by atoms with Crippen LogP contribution in [-0.4, -0.2) is 30.4 Å². The highest BCUT2D eigenvalue weighted by atomic mass is 19.1. The van der Waals surface area contributed by atoms with E-state index in [0.717, 1.165) is 17.3 Å². The van der Waals surface area contributed by atoms with E-state index in [2.05, 4.69) is 5.32 Å². The highest BCUT2D eigenvalue weighted by Gasteiger charge is 2.35. The van der Waals surface area contributed by atoms with E-state index in [4.69, 9.17) is 14.2 Å². The molecule has 4 aromatic rings. The average Bonchev–Trinajstić information content (AvgIpc) is 2.96. The van der Waals surface area contributed by atoms with Crippen molar-refractivity contribution in [3.63, 3.8) is 0 Å². The average molecular weight is 568 g/mol. The van der Waals surface area contributed by atoms with Gasteiger partial charge in [-0.3, -0.25) is 4.79 Å². The Hall–Kier alpha value is -4.98. The number of hydrogen-bond donors (Lipinski definition) is 1. The molecular formula is C34H30FNO6. The molecular weight excluding hydrogens is 537 g/mol. The Bertz CT molecular complexity index is 1710. The fourth-order valence-electron chi connectivity index (χ4n) is 4.98. The Labute approximate surface area is 243 Å². The summed E-state index contributed by atoms with van der Waals surface area (Å²) in [6.45, 7) is 5.29. The van der Waals surface area contributed by atoms with Crippen LogP contribution in [0.5, 0.6) is 11.5 Å². The second-order valence-corrected chi connectivity index (χ2v) is 10.6. The summed E-state index contributed by atoms with van der Waals surface area (Å²) < 4.78 is 30.7. The summed E-state index contributed by atoms with van der Waals surface area (Å²) in [7, 11) is 1.50. The SMILES string of the molecule is COc1cc(OC(=O)c2ccccc2C)ccc1-c1ccc2c(c1COC(=O)c1cccc(F)c1)CC(=O)C(C)(C)N2. The maximum atomic E-state index is 13.7. The molecule has 42 heavy (non-hydrogen) atoms. The molecule has 0 radical (unpaired) electrons. The number of hydrogen-bond acceptors (Lipinski definition) is 7. The fraction of sp³-hybridized carbons (Fsp3) is 0.206. The van der Waals surface area contributed by atoms with Crippen molar-refractivity contribution in [1.29, 1.82) is 0 Å². The van der Waals surface area contributed by atoms with Crippen molar-refractivity contribution in [3.05, 3.63) is 112 Å². The smallest absolute Gasteiger partial charge is 0.343 e. The van der Waals surface area contributed by atoms with Crippen molar-refractivity contribution in [1.82, 2.24) is 0 Å². The third-order valence-electron chi connectivity index (χ3n) is 7.36. The number of carbonyl (C=O) groups excluding carboxylic acids is 3. The molecule has 0 amide bonds. The lowest BCUT2D eigenvalue weighted by atomic mass is 9.83. The first kappa shape index (κ1) is 28.5. The lowest BCUT2D eigenvalue weighted by Crippen LogP contribution is -2.45. The molecule has 0 aromatic heterocycles. The highest BCUT2D eigenvalue weighted by molar-refractivity contribution is 5.98. The summed E-state index contributed by atoms with van der Waals surface area (Å²) in [6, 6.07) is 21.2. The van der Waals surface area contributed by atoms with Crippen molar-refractivity contribution in [2.75, 3.05) is 12.4 Å². The summed E-state index contributed by atoms with van der Waals surface area (Å²) in [5.74, 6) is -1.05. The predicted octanol–water partition coefficient (Wildman–Crippen LogP) is 6.70. The number of carbonyl (C=O) groups is 3. The number of anilines is 1. The van der Waals surface area contributed by atoms with Crippen LogP contribution in [0.25, 0.3) is 11.1 Å². The zero-order chi connectivity index (χ0) is 30.0. The van der Waals surface area contributed by atoms with Gasteiger partial charge in [-0.1, -0.05) is 30.3 Å². The second-order valence-electron chi connectivity index (χ2n) is 10.6. The van der Waals surface area contributed by atoms with Gasteiger partial charge < -0.3 is 19.5 Å². The maximum absolute atomic E-state index is 13.7. The van der Waals surface area contributed by atoms with E-state index >= 15 is 0 Å². The number of fused-ring (bicyclic) bond motifs is 1. The molecule has 0 aliphatic carbocycles. The van der Waals surface area contributed by atoms with Gasteiger partial charge >= 0.3 is 11.9 Å². The molecule has 0 bridgehead atoms. The van der Waals surface area contributed by atoms with Crippen molar-refractivity contribution in [2.24, 2.45) is 0 Å². The quantitative estimate of drug-likeness (QED) is 0.196. The Kier molecular flexibility index (Phi) is 7.81. The molecule has 0 atom stereocenters. The number of aryl methyl sites for hydroxylation is 1. The fourth-order valence-corrected chi connectivity index (χ4v) is 4.98. The van der Waals surface area contributed by atoms with E-state index in [-0.39, 0.29) is 24.4 Å². The molecule has 1 heterocycles. The van der Waals surface area contributed by atoms with Crippen LogP contribution in [0.4, 0.5) is 10.1 Å². The monoisotopic (exact) mass is 567 g/mol. The Morgan fingerprint density at radius 3 is 2.43 bits per heavy atom. The second kappa shape index (κ2) is 11.5. The molecule has 0 unspecified atom stereocenters. The van der Waals surface area contributed by atoms with E-state index < -0.39 is 23.3 Å². The minimum Gasteiger partial charge on any atom is -0.496 e. The van der Waals surface area contributed by atoms with Gasteiger partial charge in [-0.15, -0.1) is 0 Å². The lowest BCUT2D eigenvalue weighted by Gasteiger charge is -2.34. The number of halogens is 1. The number of ether oxygens (including phenoxy) is 3. The summed E-state index contributed by atoms with van der Waals surface area (Å²) in [5.41, 5.74) is 3.94. The van der Waals surface area contributed by atoms with Crippen LogP contribution in [0.2, 0.25) is 0 Å². The van der Waals surface area contributed by atoms with E-state index in [9.17, 15) is 18.8 Å². The molecule has 8 heteroatoms. The number of rotatable bonds is 7. The minimum atomic E-state index is -0.760. The largest absolute Gasteiger partial charge is 0.496 e. The Balaban J connectivity index is 1.52. The first-order chi connectivity index (χ1) is 20.1. The summed E-state index contributed by atoms with van der Waals surface area (Å²) >= 11 is 0. The molecule has 214 valence electrons. The molecule has 1 aliphatic rings. The summed E-state index contributed by atoms with van der Waals surface area (Å²) in [4.78, 5) is 38.6. The first-order valence-corrected chi connectivity index (χ1v) is 13.4. The highest BCUT2D eigenvalue weighted by Crippen LogP contribution is 2.41. The number of nitrogens with one attached hydrogen (secondary N) is 1. The van der Waals surface area contributed by atoms with E-state index in [1.807, 2.05) is 45.0 Å². The van der Waals surface area contributed by atoms with Crippen LogP contribution < -0.4 is 14.8 Å². The normalized spacial score (nSPS) is 13.5. The van der Waals surface area contributed by atoms with Gasteiger partial charge in [-0.25, -0.2) is 14.0 Å². The van der Waals surface area contributed by atoms with Crippen LogP contribution in [0.15, 0.2) is 78.9 Å². The van der Waals surface area contributed by atoms with Gasteiger partial charge in [0.1, 0.15) is 23.9 Å². The van der Waals surface area contributed by atoms with Gasteiger partial charge in [0, 0.05) is 29.3 Å². The van der Waals surface area contributed by atoms with Gasteiger partial charge in [0.15, 0.2) is 5.78 Å². The first-order valence-electron chi connectivity index (χ1n) is 13.4. The molecule has 0 fully saturated rings. The van der Waals surface area contributed by atoms with Gasteiger partial charge in [-0.05, 0) is 79.9 Å². The number of benzene rings is 4. The summed E-state index contributed by atoms with van der Waals surface area (Å²) in [5, 5.41) is 3.28. The van der Waals surface area contributed by atoms with Crippen LogP contribution in [-0.2, 0) is 22.6 Å². The van der Waals surface area contributed by atoms with Gasteiger partial charge in [0.25, 0.3) is 0 Å². The maximum Gasteiger partial charge on any atom is 0.343 e. The Morgan fingerprint density at radius 2 is 1.69 bits per heavy atom. The standard InChI is InChI=1S/C34H30FNO6/c1-20-8-5-6-11-24(20)33(39)42-23-12-13-26(30(17-23)40-4)25-14-15-29-27(18-31(37)34(2,3)36-29)28(25)19-41-32(38)21-9-7-10-22(35)16-21/h5-17,36H,18-19H2,1-4H3. The molecule has 0 saturated carbocycles. The number of Topliss-reactive ketones (excluding diaryl/α,β-unsaturated/α-hetero) is 1. The van der Waals surface area contributed by atoms with E-state index in [1.165, 1.54) is 25.3 Å². The zero-order valence-corrected chi connectivity index (χ0v) is 23.7. The van der Waals surface area contributed by atoms with Crippen molar-refractivity contribution < 1.29 is 33.0 Å². The topological polar surface area (TPSA) is 90.9 Å². The van der Waals surface area contributed by atoms with Crippen molar-refractivity contribution >= 4 is 23.4 Å². The van der Waals surface area contributed by atoms with Crippen molar-refractivity contribution in [2.45, 2.75) is 39.3 Å². The molecule has 1 aliphatic heterocycles. The molecule has 0 saturated heterocycles. The number of methoxy groups -OCH3 is 1. The third kappa shape index (κ3) is 5.74. The Morgan fingerprint density at radius 1 is 0.929 bits per heavy atom. The molecule has 7 nitrogen and oxygen atoms in total. The van der Waals surface area contributed by atoms with Crippen LogP contribution in [0, 0.1) is 12.7 Å².